The van der Waals surface area contributed by atoms with Crippen LogP contribution in [0, 0.1) is 0 Å². The number of alkyl halides is 3. The molecule has 1 aliphatic rings. The number of anilines is 1. The first-order valence-corrected chi connectivity index (χ1v) is 8.42. The fourth-order valence-corrected chi connectivity index (χ4v) is 3.25. The molecule has 9 heteroatoms. The molecule has 25 heavy (non-hydrogen) atoms. The molecule has 1 fully saturated rings. The van der Waals surface area contributed by atoms with Crippen molar-refractivity contribution in [2.75, 3.05) is 11.9 Å². The lowest BCUT2D eigenvalue weighted by atomic mass is 10.1. The first-order chi connectivity index (χ1) is 11.8. The molecule has 1 aliphatic heterocycles. The van der Waals surface area contributed by atoms with Gasteiger partial charge in [0, 0.05) is 30.5 Å². The van der Waals surface area contributed by atoms with E-state index in [9.17, 15) is 22.8 Å². The number of thiazole rings is 1. The summed E-state index contributed by atoms with van der Waals surface area (Å²) < 4.78 is 37.6. The molecule has 1 saturated heterocycles. The van der Waals surface area contributed by atoms with Gasteiger partial charge in [0.2, 0.25) is 5.91 Å². The molecule has 0 spiro atoms. The molecule has 0 bridgehead atoms. The van der Waals surface area contributed by atoms with Gasteiger partial charge in [0.05, 0.1) is 0 Å². The molecule has 5 nitrogen and oxygen atoms in total. The lowest BCUT2D eigenvalue weighted by Crippen LogP contribution is -2.24. The van der Waals surface area contributed by atoms with E-state index in [1.807, 2.05) is 0 Å². The summed E-state index contributed by atoms with van der Waals surface area (Å²) in [7, 11) is 0. The largest absolute Gasteiger partial charge is 0.434 e. The smallest absolute Gasteiger partial charge is 0.338 e. The molecular weight excluding hydrogens is 355 g/mol. The van der Waals surface area contributed by atoms with Crippen molar-refractivity contribution in [3.63, 3.8) is 0 Å². The van der Waals surface area contributed by atoms with Crippen LogP contribution in [0.1, 0.15) is 34.5 Å². The Morgan fingerprint density at radius 3 is 2.80 bits per heavy atom. The Labute approximate surface area is 145 Å². The Morgan fingerprint density at radius 1 is 1.36 bits per heavy atom. The van der Waals surface area contributed by atoms with Crippen LogP contribution in [0.25, 0.3) is 0 Å². The fourth-order valence-electron chi connectivity index (χ4n) is 2.53. The van der Waals surface area contributed by atoms with Gasteiger partial charge in [0.15, 0.2) is 10.8 Å². The topological polar surface area (TPSA) is 62.3 Å². The van der Waals surface area contributed by atoms with Gasteiger partial charge in [-0.2, -0.15) is 13.2 Å². The number of rotatable bonds is 4. The number of carbonyl (C=O) groups is 2. The monoisotopic (exact) mass is 369 g/mol. The van der Waals surface area contributed by atoms with E-state index in [0.29, 0.717) is 36.4 Å². The molecule has 2 aromatic rings. The van der Waals surface area contributed by atoms with Crippen molar-refractivity contribution >= 4 is 28.3 Å². The van der Waals surface area contributed by atoms with E-state index in [1.54, 1.807) is 29.2 Å². The van der Waals surface area contributed by atoms with Crippen molar-refractivity contribution in [2.45, 2.75) is 25.6 Å². The van der Waals surface area contributed by atoms with Crippen LogP contribution in [-0.4, -0.2) is 28.2 Å². The first-order valence-electron chi connectivity index (χ1n) is 7.54. The second-order valence-electron chi connectivity index (χ2n) is 5.61. The predicted octanol–water partition coefficient (Wildman–Crippen LogP) is 3.54. The molecule has 3 rings (SSSR count). The SMILES string of the molecule is O=C(Nc1nc(C(F)(F)F)cs1)c1cccc(CN2CCCC2=O)c1. The zero-order chi connectivity index (χ0) is 18.0. The van der Waals surface area contributed by atoms with E-state index in [1.165, 1.54) is 0 Å². The second kappa shape index (κ2) is 6.83. The number of likely N-dealkylation sites (tertiary alicyclic amines) is 1. The van der Waals surface area contributed by atoms with E-state index in [2.05, 4.69) is 10.3 Å². The minimum atomic E-state index is -4.54. The summed E-state index contributed by atoms with van der Waals surface area (Å²) in [6, 6.07) is 6.66. The van der Waals surface area contributed by atoms with E-state index >= 15 is 0 Å². The molecule has 1 aromatic heterocycles. The molecule has 0 unspecified atom stereocenters. The average molecular weight is 369 g/mol. The van der Waals surface area contributed by atoms with Crippen molar-refractivity contribution in [2.24, 2.45) is 0 Å². The number of carbonyl (C=O) groups excluding carboxylic acids is 2. The Balaban J connectivity index is 1.69. The van der Waals surface area contributed by atoms with Gasteiger partial charge in [-0.1, -0.05) is 12.1 Å². The first kappa shape index (κ1) is 17.4. The minimum absolute atomic E-state index is 0.0809. The normalized spacial score (nSPS) is 14.8. The fraction of sp³-hybridized carbons (Fsp3) is 0.312. The number of aromatic nitrogens is 1. The summed E-state index contributed by atoms with van der Waals surface area (Å²) in [5.74, 6) is -0.463. The summed E-state index contributed by atoms with van der Waals surface area (Å²) in [5.41, 5.74) is 0.0556. The van der Waals surface area contributed by atoms with Gasteiger partial charge in [0.1, 0.15) is 0 Å². The van der Waals surface area contributed by atoms with E-state index in [-0.39, 0.29) is 11.0 Å². The highest BCUT2D eigenvalue weighted by molar-refractivity contribution is 7.14. The summed E-state index contributed by atoms with van der Waals surface area (Å²) in [6.45, 7) is 1.10. The van der Waals surface area contributed by atoms with Crippen molar-refractivity contribution < 1.29 is 22.8 Å². The molecule has 2 amide bonds. The standard InChI is InChI=1S/C16H14F3N3O2S/c17-16(18,19)12-9-25-15(20-12)21-14(24)11-4-1-3-10(7-11)8-22-6-2-5-13(22)23/h1,3-4,7,9H,2,5-6,8H2,(H,20,21,24). The number of nitrogens with zero attached hydrogens (tertiary/aromatic N) is 2. The Hall–Kier alpha value is -2.42. The Morgan fingerprint density at radius 2 is 2.16 bits per heavy atom. The van der Waals surface area contributed by atoms with Crippen molar-refractivity contribution in [3.05, 3.63) is 46.5 Å². The highest BCUT2D eigenvalue weighted by Crippen LogP contribution is 2.31. The lowest BCUT2D eigenvalue weighted by Gasteiger charge is -2.15. The van der Waals surface area contributed by atoms with Crippen LogP contribution in [0.5, 0.6) is 0 Å². The molecule has 0 radical (unpaired) electrons. The van der Waals surface area contributed by atoms with E-state index in [0.717, 1.165) is 17.4 Å². The highest BCUT2D eigenvalue weighted by Gasteiger charge is 2.34. The molecule has 0 atom stereocenters. The number of halogens is 3. The predicted molar refractivity (Wildman–Crippen MR) is 86.2 cm³/mol. The molecular formula is C16H14F3N3O2S. The number of benzene rings is 1. The van der Waals surface area contributed by atoms with Gasteiger partial charge in [-0.15, -0.1) is 11.3 Å². The summed E-state index contributed by atoms with van der Waals surface area (Å²) in [4.78, 5) is 29.0. The third kappa shape index (κ3) is 4.16. The Kier molecular flexibility index (Phi) is 4.76. The zero-order valence-corrected chi connectivity index (χ0v) is 13.8. The average Bonchev–Trinajstić information content (AvgIpc) is 3.17. The Bertz CT molecular complexity index is 804. The van der Waals surface area contributed by atoms with E-state index in [4.69, 9.17) is 0 Å². The summed E-state index contributed by atoms with van der Waals surface area (Å²) in [6.07, 6.45) is -3.18. The van der Waals surface area contributed by atoms with Gasteiger partial charge in [-0.05, 0) is 24.1 Å². The van der Waals surface area contributed by atoms with Gasteiger partial charge in [-0.25, -0.2) is 4.98 Å². The maximum absolute atomic E-state index is 12.5. The number of hydrogen-bond acceptors (Lipinski definition) is 4. The van der Waals surface area contributed by atoms with Gasteiger partial charge in [-0.3, -0.25) is 14.9 Å². The lowest BCUT2D eigenvalue weighted by molar-refractivity contribution is -0.140. The van der Waals surface area contributed by atoms with Crippen LogP contribution >= 0.6 is 11.3 Å². The highest BCUT2D eigenvalue weighted by atomic mass is 32.1. The third-order valence-electron chi connectivity index (χ3n) is 3.75. The van der Waals surface area contributed by atoms with Gasteiger partial charge >= 0.3 is 6.18 Å². The molecule has 1 N–H and O–H groups in total. The van der Waals surface area contributed by atoms with Crippen LogP contribution in [0.4, 0.5) is 18.3 Å². The number of nitrogens with one attached hydrogen (secondary N) is 1. The quantitative estimate of drug-likeness (QED) is 0.897. The van der Waals surface area contributed by atoms with Crippen LogP contribution in [0.2, 0.25) is 0 Å². The maximum atomic E-state index is 12.5. The van der Waals surface area contributed by atoms with Crippen molar-refractivity contribution in [1.29, 1.82) is 0 Å². The van der Waals surface area contributed by atoms with Gasteiger partial charge < -0.3 is 4.90 Å². The summed E-state index contributed by atoms with van der Waals surface area (Å²) in [5, 5.41) is 3.11. The minimum Gasteiger partial charge on any atom is -0.338 e. The second-order valence-corrected chi connectivity index (χ2v) is 6.47. The van der Waals surface area contributed by atoms with Crippen LogP contribution in [0.3, 0.4) is 0 Å². The maximum Gasteiger partial charge on any atom is 0.434 e. The molecule has 0 saturated carbocycles. The van der Waals surface area contributed by atoms with Gasteiger partial charge in [0.25, 0.3) is 5.91 Å². The summed E-state index contributed by atoms with van der Waals surface area (Å²) >= 11 is 0.714. The van der Waals surface area contributed by atoms with Crippen LogP contribution < -0.4 is 5.32 Å². The third-order valence-corrected chi connectivity index (χ3v) is 4.51. The van der Waals surface area contributed by atoms with Crippen LogP contribution in [0.15, 0.2) is 29.6 Å². The number of hydrogen-bond donors (Lipinski definition) is 1. The molecule has 2 heterocycles. The zero-order valence-electron chi connectivity index (χ0n) is 13.0. The molecule has 1 aromatic carbocycles. The van der Waals surface area contributed by atoms with Crippen LogP contribution in [-0.2, 0) is 17.5 Å². The number of amides is 2. The van der Waals surface area contributed by atoms with Crippen molar-refractivity contribution in [1.82, 2.24) is 9.88 Å². The molecule has 132 valence electrons. The van der Waals surface area contributed by atoms with E-state index < -0.39 is 17.8 Å². The van der Waals surface area contributed by atoms with Crippen molar-refractivity contribution in [3.8, 4) is 0 Å². The molecule has 0 aliphatic carbocycles.